The summed E-state index contributed by atoms with van der Waals surface area (Å²) >= 11 is 1.37. The van der Waals surface area contributed by atoms with E-state index < -0.39 is 0 Å². The second-order valence-electron chi connectivity index (χ2n) is 5.58. The van der Waals surface area contributed by atoms with Crippen molar-refractivity contribution in [2.24, 2.45) is 0 Å². The Bertz CT molecular complexity index is 862. The van der Waals surface area contributed by atoms with E-state index in [-0.39, 0.29) is 11.8 Å². The zero-order valence-corrected chi connectivity index (χ0v) is 14.1. The Morgan fingerprint density at radius 3 is 2.28 bits per heavy atom. The van der Waals surface area contributed by atoms with E-state index >= 15 is 0 Å². The fourth-order valence-electron chi connectivity index (χ4n) is 2.72. The zero-order chi connectivity index (χ0) is 17.2. The third kappa shape index (κ3) is 3.08. The second-order valence-corrected chi connectivity index (χ2v) is 6.44. The third-order valence-electron chi connectivity index (χ3n) is 4.04. The Hall–Kier alpha value is -2.87. The van der Waals surface area contributed by atoms with E-state index in [0.717, 1.165) is 0 Å². The molecule has 1 aliphatic rings. The standard InChI is InChI=1S/C17H15N3O4S/c21-16(12-11-25-15(18-12)13-3-1-9-23-13)19-5-7-20(8-6-19)17(22)14-4-2-10-24-14/h1-4,9-11H,5-8H2. The van der Waals surface area contributed by atoms with Crippen LogP contribution in [0.2, 0.25) is 0 Å². The molecule has 1 fully saturated rings. The van der Waals surface area contributed by atoms with Gasteiger partial charge in [0.1, 0.15) is 5.69 Å². The van der Waals surface area contributed by atoms with Crippen LogP contribution in [0, 0.1) is 0 Å². The first kappa shape index (κ1) is 15.6. The molecule has 1 saturated heterocycles. The molecule has 0 aliphatic carbocycles. The quantitative estimate of drug-likeness (QED) is 0.720. The Morgan fingerprint density at radius 2 is 1.64 bits per heavy atom. The van der Waals surface area contributed by atoms with Crippen molar-refractivity contribution < 1.29 is 18.4 Å². The van der Waals surface area contributed by atoms with Crippen LogP contribution in [0.3, 0.4) is 0 Å². The molecule has 0 aromatic carbocycles. The highest BCUT2D eigenvalue weighted by Gasteiger charge is 2.27. The molecule has 3 aromatic rings. The second kappa shape index (κ2) is 6.56. The van der Waals surface area contributed by atoms with Crippen molar-refractivity contribution in [2.45, 2.75) is 0 Å². The van der Waals surface area contributed by atoms with Gasteiger partial charge in [-0.25, -0.2) is 4.98 Å². The van der Waals surface area contributed by atoms with Crippen molar-refractivity contribution in [2.75, 3.05) is 26.2 Å². The van der Waals surface area contributed by atoms with Gasteiger partial charge in [-0.15, -0.1) is 11.3 Å². The molecule has 0 spiro atoms. The summed E-state index contributed by atoms with van der Waals surface area (Å²) in [4.78, 5) is 32.6. The van der Waals surface area contributed by atoms with Crippen LogP contribution in [0.5, 0.6) is 0 Å². The number of furan rings is 2. The van der Waals surface area contributed by atoms with Gasteiger partial charge in [-0.05, 0) is 24.3 Å². The molecule has 4 heterocycles. The molecule has 0 N–H and O–H groups in total. The molecular weight excluding hydrogens is 342 g/mol. The normalized spacial score (nSPS) is 14.7. The fourth-order valence-corrected chi connectivity index (χ4v) is 3.48. The Kier molecular flexibility index (Phi) is 4.10. The van der Waals surface area contributed by atoms with Crippen molar-refractivity contribution in [3.8, 4) is 10.8 Å². The van der Waals surface area contributed by atoms with Gasteiger partial charge in [0, 0.05) is 31.6 Å². The molecule has 0 bridgehead atoms. The van der Waals surface area contributed by atoms with Crippen LogP contribution in [0.4, 0.5) is 0 Å². The van der Waals surface area contributed by atoms with Crippen molar-refractivity contribution in [1.82, 2.24) is 14.8 Å². The molecule has 0 unspecified atom stereocenters. The molecule has 8 heteroatoms. The average molecular weight is 357 g/mol. The van der Waals surface area contributed by atoms with Crippen LogP contribution >= 0.6 is 11.3 Å². The molecule has 4 rings (SSSR count). The maximum Gasteiger partial charge on any atom is 0.289 e. The summed E-state index contributed by atoms with van der Waals surface area (Å²) in [6, 6.07) is 6.93. The summed E-state index contributed by atoms with van der Waals surface area (Å²) in [5.41, 5.74) is 0.405. The van der Waals surface area contributed by atoms with Gasteiger partial charge < -0.3 is 18.6 Å². The number of hydrogen-bond acceptors (Lipinski definition) is 6. The molecule has 0 radical (unpaired) electrons. The van der Waals surface area contributed by atoms with Crippen molar-refractivity contribution in [1.29, 1.82) is 0 Å². The summed E-state index contributed by atoms with van der Waals surface area (Å²) in [6.45, 7) is 1.89. The smallest absolute Gasteiger partial charge is 0.289 e. The predicted octanol–water partition coefficient (Wildman–Crippen LogP) is 2.59. The lowest BCUT2D eigenvalue weighted by atomic mass is 10.2. The van der Waals surface area contributed by atoms with Gasteiger partial charge in [0.15, 0.2) is 16.5 Å². The van der Waals surface area contributed by atoms with E-state index in [2.05, 4.69) is 4.98 Å². The van der Waals surface area contributed by atoms with E-state index in [1.807, 2.05) is 6.07 Å². The van der Waals surface area contributed by atoms with Gasteiger partial charge in [0.25, 0.3) is 11.8 Å². The summed E-state index contributed by atoms with van der Waals surface area (Å²) in [6.07, 6.45) is 3.05. The molecule has 0 atom stereocenters. The van der Waals surface area contributed by atoms with Gasteiger partial charge in [-0.3, -0.25) is 9.59 Å². The van der Waals surface area contributed by atoms with Crippen LogP contribution in [-0.2, 0) is 0 Å². The molecule has 128 valence electrons. The lowest BCUT2D eigenvalue weighted by Crippen LogP contribution is -2.50. The number of rotatable bonds is 3. The molecule has 1 aliphatic heterocycles. The number of aromatic nitrogens is 1. The van der Waals surface area contributed by atoms with Gasteiger partial charge in [0.2, 0.25) is 0 Å². The van der Waals surface area contributed by atoms with E-state index in [0.29, 0.717) is 48.4 Å². The highest BCUT2D eigenvalue weighted by Crippen LogP contribution is 2.24. The van der Waals surface area contributed by atoms with E-state index in [9.17, 15) is 9.59 Å². The Morgan fingerprint density at radius 1 is 0.960 bits per heavy atom. The van der Waals surface area contributed by atoms with E-state index in [1.54, 1.807) is 39.6 Å². The van der Waals surface area contributed by atoms with E-state index in [4.69, 9.17) is 8.83 Å². The number of carbonyl (C=O) groups excluding carboxylic acids is 2. The molecule has 3 aromatic heterocycles. The van der Waals surface area contributed by atoms with Gasteiger partial charge in [0.05, 0.1) is 12.5 Å². The highest BCUT2D eigenvalue weighted by molar-refractivity contribution is 7.13. The first-order chi connectivity index (χ1) is 12.2. The SMILES string of the molecule is O=C(c1csc(-c2ccco2)n1)N1CCN(C(=O)c2ccco2)CC1. The zero-order valence-electron chi connectivity index (χ0n) is 13.3. The third-order valence-corrected chi connectivity index (χ3v) is 4.90. The molecule has 0 saturated carbocycles. The van der Waals surface area contributed by atoms with Gasteiger partial charge in [-0.1, -0.05) is 0 Å². The number of thiazole rings is 1. The number of nitrogens with zero attached hydrogens (tertiary/aromatic N) is 3. The monoisotopic (exact) mass is 357 g/mol. The van der Waals surface area contributed by atoms with Crippen LogP contribution in [0.1, 0.15) is 21.0 Å². The number of piperazine rings is 1. The summed E-state index contributed by atoms with van der Waals surface area (Å²) in [7, 11) is 0. The first-order valence-electron chi connectivity index (χ1n) is 7.84. The molecule has 7 nitrogen and oxygen atoms in total. The minimum absolute atomic E-state index is 0.126. The van der Waals surface area contributed by atoms with Crippen LogP contribution in [0.15, 0.2) is 51.0 Å². The van der Waals surface area contributed by atoms with Crippen LogP contribution < -0.4 is 0 Å². The van der Waals surface area contributed by atoms with Crippen LogP contribution in [0.25, 0.3) is 10.8 Å². The Labute approximate surface area is 147 Å². The van der Waals surface area contributed by atoms with Crippen molar-refractivity contribution >= 4 is 23.2 Å². The van der Waals surface area contributed by atoms with Crippen LogP contribution in [-0.4, -0.2) is 52.8 Å². The lowest BCUT2D eigenvalue weighted by Gasteiger charge is -2.33. The minimum atomic E-state index is -0.147. The summed E-state index contributed by atoms with van der Waals surface area (Å²) in [5, 5.41) is 2.42. The number of carbonyl (C=O) groups is 2. The lowest BCUT2D eigenvalue weighted by molar-refractivity contribution is 0.0515. The topological polar surface area (TPSA) is 79.8 Å². The average Bonchev–Trinajstić information content (AvgIpc) is 3.42. The molecular formula is C17H15N3O4S. The minimum Gasteiger partial charge on any atom is -0.462 e. The predicted molar refractivity (Wildman–Crippen MR) is 90.3 cm³/mol. The highest BCUT2D eigenvalue weighted by atomic mass is 32.1. The molecule has 25 heavy (non-hydrogen) atoms. The largest absolute Gasteiger partial charge is 0.462 e. The fraction of sp³-hybridized carbons (Fsp3) is 0.235. The van der Waals surface area contributed by atoms with E-state index in [1.165, 1.54) is 17.6 Å². The number of hydrogen-bond donors (Lipinski definition) is 0. The number of amides is 2. The maximum absolute atomic E-state index is 12.6. The van der Waals surface area contributed by atoms with Gasteiger partial charge >= 0.3 is 0 Å². The Balaban J connectivity index is 1.39. The van der Waals surface area contributed by atoms with Crippen molar-refractivity contribution in [3.05, 3.63) is 53.6 Å². The first-order valence-corrected chi connectivity index (χ1v) is 8.72. The van der Waals surface area contributed by atoms with Gasteiger partial charge in [-0.2, -0.15) is 0 Å². The summed E-state index contributed by atoms with van der Waals surface area (Å²) in [5.74, 6) is 0.699. The maximum atomic E-state index is 12.6. The summed E-state index contributed by atoms with van der Waals surface area (Å²) < 4.78 is 10.4. The van der Waals surface area contributed by atoms with Crippen molar-refractivity contribution in [3.63, 3.8) is 0 Å². The molecule has 2 amide bonds.